The van der Waals surface area contributed by atoms with Crippen molar-refractivity contribution in [2.75, 3.05) is 6.61 Å². The molecule has 1 fully saturated rings. The van der Waals surface area contributed by atoms with Crippen LogP contribution < -0.4 is 0 Å². The van der Waals surface area contributed by atoms with E-state index in [1.807, 2.05) is 5.70 Å². The number of rotatable bonds is 4. The number of carbonyl (C=O) groups is 1. The first-order chi connectivity index (χ1) is 6.72. The second-order valence-corrected chi connectivity index (χ2v) is 5.40. The minimum atomic E-state index is -0.732. The molecule has 0 bridgehead atoms. The molecule has 0 N–H and O–H groups in total. The Labute approximate surface area is 86.6 Å². The van der Waals surface area contributed by atoms with Gasteiger partial charge in [-0.25, -0.2) is 4.79 Å². The van der Waals surface area contributed by atoms with Crippen molar-refractivity contribution in [3.63, 3.8) is 0 Å². The molecule has 0 saturated carbocycles. The third-order valence-corrected chi connectivity index (χ3v) is 3.84. The fraction of sp³-hybridized carbons (Fsp3) is 0.500. The SMILES string of the molecule is C=C[SiH2]C1(OC(=O)C=C)CCCCO1. The van der Waals surface area contributed by atoms with Crippen LogP contribution in [-0.4, -0.2) is 27.5 Å². The van der Waals surface area contributed by atoms with Crippen molar-refractivity contribution in [1.82, 2.24) is 0 Å². The molecule has 1 saturated heterocycles. The van der Waals surface area contributed by atoms with Crippen molar-refractivity contribution in [3.05, 3.63) is 24.9 Å². The molecule has 0 amide bonds. The highest BCUT2D eigenvalue weighted by Gasteiger charge is 2.35. The molecule has 1 rings (SSSR count). The summed E-state index contributed by atoms with van der Waals surface area (Å²) < 4.78 is 10.9. The summed E-state index contributed by atoms with van der Waals surface area (Å²) in [4.78, 5) is 11.1. The van der Waals surface area contributed by atoms with E-state index >= 15 is 0 Å². The van der Waals surface area contributed by atoms with E-state index in [9.17, 15) is 4.79 Å². The molecule has 1 unspecified atom stereocenters. The number of hydrogen-bond acceptors (Lipinski definition) is 3. The van der Waals surface area contributed by atoms with Gasteiger partial charge in [0, 0.05) is 12.5 Å². The van der Waals surface area contributed by atoms with Crippen molar-refractivity contribution in [3.8, 4) is 0 Å². The van der Waals surface area contributed by atoms with Gasteiger partial charge in [-0.05, 0) is 12.8 Å². The highest BCUT2D eigenvalue weighted by atomic mass is 28.2. The first-order valence-electron chi connectivity index (χ1n) is 4.83. The van der Waals surface area contributed by atoms with Gasteiger partial charge in [-0.3, -0.25) is 0 Å². The van der Waals surface area contributed by atoms with Gasteiger partial charge in [-0.2, -0.15) is 0 Å². The molecule has 0 aromatic heterocycles. The molecule has 1 atom stereocenters. The van der Waals surface area contributed by atoms with Crippen LogP contribution in [0, 0.1) is 0 Å². The minimum absolute atomic E-state index is 0.402. The summed E-state index contributed by atoms with van der Waals surface area (Å²) in [7, 11) is -0.732. The smallest absolute Gasteiger partial charge is 0.332 e. The van der Waals surface area contributed by atoms with Gasteiger partial charge in [-0.1, -0.05) is 6.58 Å². The van der Waals surface area contributed by atoms with Gasteiger partial charge in [0.1, 0.15) is 9.52 Å². The first kappa shape index (κ1) is 11.2. The second kappa shape index (κ2) is 5.12. The van der Waals surface area contributed by atoms with E-state index in [1.165, 1.54) is 6.08 Å². The van der Waals surface area contributed by atoms with Crippen LogP contribution in [0.2, 0.25) is 0 Å². The van der Waals surface area contributed by atoms with Gasteiger partial charge in [0.05, 0.1) is 6.61 Å². The summed E-state index contributed by atoms with van der Waals surface area (Å²) in [5.74, 6) is -0.402. The Hall–Kier alpha value is -0.873. The van der Waals surface area contributed by atoms with Crippen molar-refractivity contribution < 1.29 is 14.3 Å². The lowest BCUT2D eigenvalue weighted by Gasteiger charge is -2.35. The molecule has 0 radical (unpaired) electrons. The van der Waals surface area contributed by atoms with E-state index in [2.05, 4.69) is 13.2 Å². The Balaban J connectivity index is 2.63. The van der Waals surface area contributed by atoms with Crippen molar-refractivity contribution >= 4 is 15.5 Å². The molecule has 1 aliphatic rings. The maximum absolute atomic E-state index is 11.1. The molecule has 14 heavy (non-hydrogen) atoms. The predicted octanol–water partition coefficient (Wildman–Crippen LogP) is 0.882. The standard InChI is InChI=1S/C10H16O3Si/c1-3-9(11)13-10(14-4-2)7-5-6-8-12-10/h3-4H,1-2,5-8,14H2. The van der Waals surface area contributed by atoms with Crippen molar-refractivity contribution in [2.45, 2.75) is 24.7 Å². The lowest BCUT2D eigenvalue weighted by atomic mass is 10.2. The zero-order valence-electron chi connectivity index (χ0n) is 8.33. The Morgan fingerprint density at radius 2 is 2.29 bits per heavy atom. The van der Waals surface area contributed by atoms with Crippen LogP contribution in [0.1, 0.15) is 19.3 Å². The molecule has 0 aliphatic carbocycles. The molecular formula is C10H16O3Si. The van der Waals surface area contributed by atoms with E-state index in [0.717, 1.165) is 19.3 Å². The summed E-state index contributed by atoms with van der Waals surface area (Å²) in [6.07, 6.45) is 4.06. The van der Waals surface area contributed by atoms with Gasteiger partial charge in [-0.15, -0.1) is 12.3 Å². The summed E-state index contributed by atoms with van der Waals surface area (Å²) in [6, 6.07) is 0. The molecule has 3 nitrogen and oxygen atoms in total. The molecule has 4 heteroatoms. The largest absolute Gasteiger partial charge is 0.434 e. The topological polar surface area (TPSA) is 35.5 Å². The summed E-state index contributed by atoms with van der Waals surface area (Å²) in [6.45, 7) is 7.75. The lowest BCUT2D eigenvalue weighted by Crippen LogP contribution is -2.45. The number of carbonyl (C=O) groups excluding carboxylic acids is 1. The van der Waals surface area contributed by atoms with Crippen LogP contribution in [0.25, 0.3) is 0 Å². The molecule has 0 spiro atoms. The number of hydrogen-bond donors (Lipinski definition) is 0. The third-order valence-electron chi connectivity index (χ3n) is 2.23. The quantitative estimate of drug-likeness (QED) is 0.394. The van der Waals surface area contributed by atoms with Crippen molar-refractivity contribution in [1.29, 1.82) is 0 Å². The number of ether oxygens (including phenoxy) is 2. The fourth-order valence-corrected chi connectivity index (χ4v) is 2.94. The monoisotopic (exact) mass is 212 g/mol. The maximum atomic E-state index is 11.1. The summed E-state index contributed by atoms with van der Waals surface area (Å²) in [5.41, 5.74) is 1.20. The maximum Gasteiger partial charge on any atom is 0.332 e. The van der Waals surface area contributed by atoms with Crippen LogP contribution >= 0.6 is 0 Å². The average molecular weight is 212 g/mol. The molecule has 0 aromatic rings. The van der Waals surface area contributed by atoms with E-state index < -0.39 is 20.9 Å². The van der Waals surface area contributed by atoms with E-state index in [0.29, 0.717) is 6.61 Å². The molecule has 1 heterocycles. The summed E-state index contributed by atoms with van der Waals surface area (Å²) in [5, 5.41) is 0. The molecule has 0 aromatic carbocycles. The lowest BCUT2D eigenvalue weighted by molar-refractivity contribution is -0.202. The van der Waals surface area contributed by atoms with Gasteiger partial charge in [0.2, 0.25) is 0 Å². The second-order valence-electron chi connectivity index (χ2n) is 3.33. The average Bonchev–Trinajstić information content (AvgIpc) is 2.19. The molecular weight excluding hydrogens is 196 g/mol. The van der Waals surface area contributed by atoms with Crippen LogP contribution in [0.15, 0.2) is 24.9 Å². The molecule has 1 aliphatic heterocycles. The van der Waals surface area contributed by atoms with Crippen LogP contribution in [-0.2, 0) is 14.3 Å². The normalized spacial score (nSPS) is 27.4. The van der Waals surface area contributed by atoms with Crippen LogP contribution in [0.5, 0.6) is 0 Å². The van der Waals surface area contributed by atoms with Gasteiger partial charge in [0.15, 0.2) is 5.41 Å². The zero-order valence-corrected chi connectivity index (χ0v) is 9.74. The first-order valence-corrected chi connectivity index (χ1v) is 6.35. The predicted molar refractivity (Wildman–Crippen MR) is 57.6 cm³/mol. The minimum Gasteiger partial charge on any atom is -0.434 e. The third kappa shape index (κ3) is 2.82. The van der Waals surface area contributed by atoms with Crippen molar-refractivity contribution in [2.24, 2.45) is 0 Å². The molecule has 78 valence electrons. The Morgan fingerprint density at radius 3 is 2.79 bits per heavy atom. The van der Waals surface area contributed by atoms with Crippen LogP contribution in [0.4, 0.5) is 0 Å². The van der Waals surface area contributed by atoms with Gasteiger partial charge < -0.3 is 9.47 Å². The zero-order chi connectivity index (χ0) is 10.4. The Morgan fingerprint density at radius 1 is 1.50 bits per heavy atom. The Bertz CT molecular complexity index is 232. The Kier molecular flexibility index (Phi) is 4.10. The van der Waals surface area contributed by atoms with E-state index in [1.54, 1.807) is 0 Å². The fourth-order valence-electron chi connectivity index (χ4n) is 1.55. The van der Waals surface area contributed by atoms with Gasteiger partial charge in [0.25, 0.3) is 0 Å². The summed E-state index contributed by atoms with van der Waals surface area (Å²) >= 11 is 0. The highest BCUT2D eigenvalue weighted by molar-refractivity contribution is 6.45. The van der Waals surface area contributed by atoms with E-state index in [-0.39, 0.29) is 0 Å². The number of esters is 1. The van der Waals surface area contributed by atoms with E-state index in [4.69, 9.17) is 9.47 Å². The van der Waals surface area contributed by atoms with Gasteiger partial charge >= 0.3 is 5.97 Å². The highest BCUT2D eigenvalue weighted by Crippen LogP contribution is 2.25. The van der Waals surface area contributed by atoms with Crippen LogP contribution in [0.3, 0.4) is 0 Å².